The van der Waals surface area contributed by atoms with Crippen molar-refractivity contribution in [2.24, 2.45) is 0 Å². The van der Waals surface area contributed by atoms with E-state index in [2.05, 4.69) is 0 Å². The minimum Gasteiger partial charge on any atom is -0.480 e. The number of furan rings is 1. The van der Waals surface area contributed by atoms with Crippen LogP contribution in [0.4, 0.5) is 0 Å². The lowest BCUT2D eigenvalue weighted by atomic mass is 10.1. The van der Waals surface area contributed by atoms with Gasteiger partial charge in [-0.05, 0) is 25.0 Å². The molecule has 6 nitrogen and oxygen atoms in total. The number of hydrogen-bond donors (Lipinski definition) is 1. The number of likely N-dealkylation sites (tertiary alicyclic amines) is 1. The second-order valence-corrected chi connectivity index (χ2v) is 5.66. The Balaban J connectivity index is 1.62. The first-order valence-corrected chi connectivity index (χ1v) is 7.60. The van der Waals surface area contributed by atoms with Gasteiger partial charge in [-0.2, -0.15) is 0 Å². The van der Waals surface area contributed by atoms with Gasteiger partial charge in [-0.15, -0.1) is 0 Å². The Morgan fingerprint density at radius 2 is 2.00 bits per heavy atom. The fourth-order valence-electron chi connectivity index (χ4n) is 2.93. The Labute approximate surface area is 132 Å². The van der Waals surface area contributed by atoms with Crippen LogP contribution in [0, 0.1) is 0 Å². The number of aliphatic carboxylic acids is 1. The molecule has 6 heteroatoms. The number of ketones is 1. The summed E-state index contributed by atoms with van der Waals surface area (Å²) >= 11 is 0. The summed E-state index contributed by atoms with van der Waals surface area (Å²) in [5.41, 5.74) is 0.632. The normalized spacial score (nSPS) is 17.6. The molecule has 1 N–H and O–H groups in total. The molecule has 0 radical (unpaired) electrons. The molecule has 1 aliphatic heterocycles. The van der Waals surface area contributed by atoms with E-state index in [0.717, 1.165) is 5.39 Å². The number of nitrogens with zero attached hydrogens (tertiary/aromatic N) is 1. The predicted octanol–water partition coefficient (Wildman–Crippen LogP) is 2.47. The quantitative estimate of drug-likeness (QED) is 0.856. The first-order chi connectivity index (χ1) is 11.1. The molecule has 1 saturated heterocycles. The molecule has 1 amide bonds. The van der Waals surface area contributed by atoms with Crippen LogP contribution in [0.3, 0.4) is 0 Å². The summed E-state index contributed by atoms with van der Waals surface area (Å²) in [5, 5.41) is 9.93. The van der Waals surface area contributed by atoms with Crippen LogP contribution >= 0.6 is 0 Å². The summed E-state index contributed by atoms with van der Waals surface area (Å²) in [6.07, 6.45) is 1.17. The number of carbonyl (C=O) groups is 3. The molecule has 1 atom stereocenters. The number of carboxylic acids is 1. The van der Waals surface area contributed by atoms with E-state index < -0.39 is 12.0 Å². The number of carboxylic acid groups (broad SMARTS) is 1. The molecular formula is C17H17NO5. The number of rotatable bonds is 5. The van der Waals surface area contributed by atoms with Crippen LogP contribution in [-0.4, -0.2) is 40.3 Å². The van der Waals surface area contributed by atoms with Crippen LogP contribution < -0.4 is 0 Å². The molecule has 1 aromatic carbocycles. The van der Waals surface area contributed by atoms with Crippen LogP contribution in [-0.2, 0) is 9.59 Å². The van der Waals surface area contributed by atoms with Gasteiger partial charge >= 0.3 is 5.97 Å². The number of amides is 1. The van der Waals surface area contributed by atoms with Gasteiger partial charge in [-0.25, -0.2) is 4.79 Å². The molecule has 3 rings (SSSR count). The van der Waals surface area contributed by atoms with E-state index in [9.17, 15) is 14.4 Å². The molecule has 1 aromatic heterocycles. The maximum Gasteiger partial charge on any atom is 0.326 e. The van der Waals surface area contributed by atoms with E-state index in [4.69, 9.17) is 9.52 Å². The van der Waals surface area contributed by atoms with Crippen molar-refractivity contribution in [2.45, 2.75) is 31.7 Å². The minimum absolute atomic E-state index is 0.000339. The van der Waals surface area contributed by atoms with Crippen molar-refractivity contribution >= 4 is 28.6 Å². The van der Waals surface area contributed by atoms with E-state index in [1.54, 1.807) is 12.1 Å². The summed E-state index contributed by atoms with van der Waals surface area (Å²) in [6, 6.07) is 8.21. The van der Waals surface area contributed by atoms with Gasteiger partial charge in [0.05, 0.1) is 0 Å². The molecule has 23 heavy (non-hydrogen) atoms. The standard InChI is InChI=1S/C17H17NO5/c19-13(15-10-11-4-1-2-6-14(11)23-15)7-8-16(20)18-9-3-5-12(18)17(21)22/h1-2,4,6,10,12H,3,5,7-9H2,(H,21,22). The number of fused-ring (bicyclic) bond motifs is 1. The Hall–Kier alpha value is -2.63. The van der Waals surface area contributed by atoms with E-state index in [0.29, 0.717) is 25.0 Å². The zero-order chi connectivity index (χ0) is 16.4. The average molecular weight is 315 g/mol. The molecule has 0 spiro atoms. The average Bonchev–Trinajstić information content (AvgIpc) is 3.18. The molecule has 0 saturated carbocycles. The Bertz CT molecular complexity index is 730. The lowest BCUT2D eigenvalue weighted by Gasteiger charge is -2.21. The Kier molecular flexibility index (Phi) is 4.14. The van der Waals surface area contributed by atoms with Crippen LogP contribution in [0.1, 0.15) is 36.2 Å². The summed E-state index contributed by atoms with van der Waals surface area (Å²) in [5.74, 6) is -1.30. The van der Waals surface area contributed by atoms with E-state index >= 15 is 0 Å². The highest BCUT2D eigenvalue weighted by Gasteiger charge is 2.33. The Morgan fingerprint density at radius 1 is 1.22 bits per heavy atom. The van der Waals surface area contributed by atoms with Crippen LogP contribution in [0.2, 0.25) is 0 Å². The van der Waals surface area contributed by atoms with Gasteiger partial charge in [0.2, 0.25) is 5.91 Å². The summed E-state index contributed by atoms with van der Waals surface area (Å²) in [7, 11) is 0. The van der Waals surface area contributed by atoms with E-state index in [1.807, 2.05) is 18.2 Å². The zero-order valence-electron chi connectivity index (χ0n) is 12.5. The first-order valence-electron chi connectivity index (χ1n) is 7.60. The number of hydrogen-bond acceptors (Lipinski definition) is 4. The van der Waals surface area contributed by atoms with Crippen molar-refractivity contribution in [1.82, 2.24) is 4.90 Å². The monoisotopic (exact) mass is 315 g/mol. The van der Waals surface area contributed by atoms with Crippen molar-refractivity contribution < 1.29 is 23.9 Å². The molecule has 2 aromatic rings. The van der Waals surface area contributed by atoms with Crippen molar-refractivity contribution in [3.05, 3.63) is 36.1 Å². The van der Waals surface area contributed by atoms with Gasteiger partial charge in [0, 0.05) is 24.8 Å². The fourth-order valence-corrected chi connectivity index (χ4v) is 2.93. The molecule has 0 aliphatic carbocycles. The summed E-state index contributed by atoms with van der Waals surface area (Å²) in [6.45, 7) is 0.439. The van der Waals surface area contributed by atoms with E-state index in [-0.39, 0.29) is 30.3 Å². The molecule has 1 aliphatic rings. The molecular weight excluding hydrogens is 298 g/mol. The minimum atomic E-state index is -0.987. The summed E-state index contributed by atoms with van der Waals surface area (Å²) in [4.78, 5) is 36.8. The number of para-hydroxylation sites is 1. The van der Waals surface area contributed by atoms with Crippen LogP contribution in [0.5, 0.6) is 0 Å². The third-order valence-corrected chi connectivity index (χ3v) is 4.12. The summed E-state index contributed by atoms with van der Waals surface area (Å²) < 4.78 is 5.48. The maximum atomic E-state index is 12.2. The third-order valence-electron chi connectivity index (χ3n) is 4.12. The van der Waals surface area contributed by atoms with Gasteiger partial charge in [-0.3, -0.25) is 9.59 Å². The second kappa shape index (κ2) is 6.24. The molecule has 1 unspecified atom stereocenters. The lowest BCUT2D eigenvalue weighted by molar-refractivity contribution is -0.148. The SMILES string of the molecule is O=C(CCC(=O)N1CCCC1C(=O)O)c1cc2ccccc2o1. The Morgan fingerprint density at radius 3 is 2.74 bits per heavy atom. The van der Waals surface area contributed by atoms with Crippen molar-refractivity contribution in [1.29, 1.82) is 0 Å². The second-order valence-electron chi connectivity index (χ2n) is 5.66. The van der Waals surface area contributed by atoms with Gasteiger partial charge in [0.15, 0.2) is 11.5 Å². The van der Waals surface area contributed by atoms with Gasteiger partial charge in [0.1, 0.15) is 11.6 Å². The molecule has 1 fully saturated rings. The first kappa shape index (κ1) is 15.3. The largest absolute Gasteiger partial charge is 0.480 e. The van der Waals surface area contributed by atoms with Crippen molar-refractivity contribution in [3.63, 3.8) is 0 Å². The topological polar surface area (TPSA) is 87.8 Å². The van der Waals surface area contributed by atoms with Crippen LogP contribution in [0.15, 0.2) is 34.7 Å². The maximum absolute atomic E-state index is 12.2. The highest BCUT2D eigenvalue weighted by atomic mass is 16.4. The van der Waals surface area contributed by atoms with Crippen molar-refractivity contribution in [3.8, 4) is 0 Å². The highest BCUT2D eigenvalue weighted by molar-refractivity contribution is 5.99. The number of benzene rings is 1. The smallest absolute Gasteiger partial charge is 0.326 e. The number of Topliss-reactive ketones (excluding diaryl/α,β-unsaturated/α-hetero) is 1. The van der Waals surface area contributed by atoms with Crippen LogP contribution in [0.25, 0.3) is 11.0 Å². The highest BCUT2D eigenvalue weighted by Crippen LogP contribution is 2.22. The van der Waals surface area contributed by atoms with Gasteiger partial charge in [-0.1, -0.05) is 18.2 Å². The van der Waals surface area contributed by atoms with Crippen molar-refractivity contribution in [2.75, 3.05) is 6.54 Å². The fraction of sp³-hybridized carbons (Fsp3) is 0.353. The number of carbonyl (C=O) groups excluding carboxylic acids is 2. The lowest BCUT2D eigenvalue weighted by Crippen LogP contribution is -2.40. The molecule has 0 bridgehead atoms. The van der Waals surface area contributed by atoms with Gasteiger partial charge in [0.25, 0.3) is 0 Å². The molecule has 120 valence electrons. The van der Waals surface area contributed by atoms with Gasteiger partial charge < -0.3 is 14.4 Å². The predicted molar refractivity (Wildman–Crippen MR) is 82.1 cm³/mol. The zero-order valence-corrected chi connectivity index (χ0v) is 12.5. The van der Waals surface area contributed by atoms with E-state index in [1.165, 1.54) is 4.90 Å². The molecule has 2 heterocycles. The third kappa shape index (κ3) is 3.11.